The molecule has 1 saturated heterocycles. The van der Waals surface area contributed by atoms with Crippen molar-refractivity contribution in [1.29, 1.82) is 0 Å². The molecule has 3 amide bonds. The van der Waals surface area contributed by atoms with Gasteiger partial charge in [-0.3, -0.25) is 19.2 Å². The number of hydrogen-bond acceptors (Lipinski definition) is 4. The van der Waals surface area contributed by atoms with Crippen molar-refractivity contribution in [3.8, 4) is 0 Å². The number of benzene rings is 2. The lowest BCUT2D eigenvalue weighted by Crippen LogP contribution is -2.56. The molecule has 2 aromatic carbocycles. The lowest BCUT2D eigenvalue weighted by atomic mass is 9.85. The summed E-state index contributed by atoms with van der Waals surface area (Å²) in [7, 11) is 0. The van der Waals surface area contributed by atoms with Crippen LogP contribution in [-0.4, -0.2) is 39.6 Å². The summed E-state index contributed by atoms with van der Waals surface area (Å²) in [5.41, 5.74) is 0.397. The Balaban J connectivity index is 1.56. The van der Waals surface area contributed by atoms with E-state index < -0.39 is 41.4 Å². The molecule has 0 spiro atoms. The van der Waals surface area contributed by atoms with Gasteiger partial charge in [-0.1, -0.05) is 47.0 Å². The summed E-state index contributed by atoms with van der Waals surface area (Å²) >= 11 is 18.1. The second-order valence-corrected chi connectivity index (χ2v) is 10.1. The molecule has 2 bridgehead atoms. The number of imide groups is 1. The normalized spacial score (nSPS) is 25.6. The van der Waals surface area contributed by atoms with Crippen molar-refractivity contribution in [1.82, 2.24) is 10.0 Å². The Labute approximate surface area is 211 Å². The van der Waals surface area contributed by atoms with Gasteiger partial charge in [-0.15, -0.1) is 0 Å². The summed E-state index contributed by atoms with van der Waals surface area (Å²) in [6.45, 7) is 1.49. The minimum atomic E-state index is -1.15. The van der Waals surface area contributed by atoms with E-state index in [1.165, 1.54) is 37.3 Å². The fourth-order valence-corrected chi connectivity index (χ4v) is 5.69. The first-order valence-electron chi connectivity index (χ1n) is 10.8. The second kappa shape index (κ2) is 8.52. The van der Waals surface area contributed by atoms with Crippen LogP contribution in [-0.2, 0) is 9.59 Å². The van der Waals surface area contributed by atoms with Crippen LogP contribution < -0.4 is 0 Å². The van der Waals surface area contributed by atoms with Gasteiger partial charge in [-0.2, -0.15) is 5.01 Å². The molecule has 3 aliphatic rings. The monoisotopic (exact) mass is 516 g/mol. The van der Waals surface area contributed by atoms with Gasteiger partial charge in [0.2, 0.25) is 0 Å². The van der Waals surface area contributed by atoms with E-state index in [4.69, 9.17) is 34.8 Å². The number of fused-ring (bicyclic) bond motifs is 5. The first-order chi connectivity index (χ1) is 16.2. The van der Waals surface area contributed by atoms with Crippen LogP contribution in [0.3, 0.4) is 0 Å². The molecule has 0 radical (unpaired) electrons. The Kier molecular flexibility index (Phi) is 5.79. The fraction of sp³-hybridized carbons (Fsp3) is 0.280. The molecule has 1 saturated carbocycles. The number of allylic oxidation sites excluding steroid dienone is 2. The average molecular weight is 518 g/mol. The summed E-state index contributed by atoms with van der Waals surface area (Å²) in [6, 6.07) is 9.30. The molecule has 0 N–H and O–H groups in total. The maximum atomic E-state index is 13.7. The van der Waals surface area contributed by atoms with Gasteiger partial charge in [-0.25, -0.2) is 5.01 Å². The van der Waals surface area contributed by atoms with Gasteiger partial charge < -0.3 is 0 Å². The first kappa shape index (κ1) is 23.1. The number of nitrogens with zero attached hydrogens (tertiary/aromatic N) is 2. The highest BCUT2D eigenvalue weighted by molar-refractivity contribution is 6.42. The van der Waals surface area contributed by atoms with Crippen molar-refractivity contribution in [3.63, 3.8) is 0 Å². The summed E-state index contributed by atoms with van der Waals surface area (Å²) < 4.78 is 0. The quantitative estimate of drug-likeness (QED) is 0.315. The first-order valence-corrected chi connectivity index (χ1v) is 12.0. The number of halogens is 3. The number of Topliss-reactive ketones (excluding diaryl/α,β-unsaturated/α-hetero) is 1. The van der Waals surface area contributed by atoms with Crippen LogP contribution in [0.1, 0.15) is 34.1 Å². The van der Waals surface area contributed by atoms with Gasteiger partial charge in [0.05, 0.1) is 21.9 Å². The SMILES string of the molecule is C[C@@H](C(=O)c1ccc(Cl)cc1)N(C(=O)c1ccc(Cl)c(Cl)c1)N1C(=O)[C@@H]2[C@H](C1=O)[C@H]1C=C[C@H]2C1. The van der Waals surface area contributed by atoms with Crippen molar-refractivity contribution in [2.45, 2.75) is 19.4 Å². The third kappa shape index (κ3) is 3.56. The molecule has 2 aliphatic carbocycles. The van der Waals surface area contributed by atoms with E-state index in [2.05, 4.69) is 0 Å². The Morgan fingerprint density at radius 3 is 2.00 bits per heavy atom. The lowest BCUT2D eigenvalue weighted by Gasteiger charge is -2.35. The van der Waals surface area contributed by atoms with Gasteiger partial charge >= 0.3 is 0 Å². The van der Waals surface area contributed by atoms with Gasteiger partial charge in [0.25, 0.3) is 17.7 Å². The highest BCUT2D eigenvalue weighted by atomic mass is 35.5. The van der Waals surface area contributed by atoms with Crippen LogP contribution in [0, 0.1) is 23.7 Å². The molecule has 34 heavy (non-hydrogen) atoms. The Morgan fingerprint density at radius 1 is 0.882 bits per heavy atom. The maximum absolute atomic E-state index is 13.7. The van der Waals surface area contributed by atoms with Crippen LogP contribution in [0.4, 0.5) is 0 Å². The van der Waals surface area contributed by atoms with Crippen molar-refractivity contribution >= 4 is 58.3 Å². The molecule has 1 heterocycles. The number of amides is 3. The highest BCUT2D eigenvalue weighted by Crippen LogP contribution is 2.53. The second-order valence-electron chi connectivity index (χ2n) is 8.81. The van der Waals surface area contributed by atoms with Gasteiger partial charge in [0.15, 0.2) is 5.78 Å². The van der Waals surface area contributed by atoms with E-state index in [0.29, 0.717) is 10.6 Å². The number of rotatable bonds is 5. The summed E-state index contributed by atoms with van der Waals surface area (Å²) in [4.78, 5) is 54.1. The standard InChI is InChI=1S/C25H19Cl3N2O4/c1-12(22(31)13-4-7-17(26)8-5-13)29(23(32)16-6-9-18(27)19(28)11-16)30-24(33)20-14-2-3-15(10-14)21(20)25(30)34/h2-9,11-12,14-15,20-21H,10H2,1H3/t12-,14-,15-,20-,21+/m0/s1. The third-order valence-corrected chi connectivity index (χ3v) is 7.90. The van der Waals surface area contributed by atoms with Crippen LogP contribution >= 0.6 is 34.8 Å². The van der Waals surface area contributed by atoms with Crippen molar-refractivity contribution in [3.05, 3.63) is 80.8 Å². The summed E-state index contributed by atoms with van der Waals surface area (Å²) in [6.07, 6.45) is 4.68. The number of carbonyl (C=O) groups is 4. The number of ketones is 1. The van der Waals surface area contributed by atoms with Gasteiger partial charge in [-0.05, 0) is 67.6 Å². The molecule has 174 valence electrons. The van der Waals surface area contributed by atoms with Gasteiger partial charge in [0, 0.05) is 16.1 Å². The zero-order chi connectivity index (χ0) is 24.3. The van der Waals surface area contributed by atoms with E-state index in [-0.39, 0.29) is 27.4 Å². The van der Waals surface area contributed by atoms with E-state index >= 15 is 0 Å². The molecule has 5 rings (SSSR count). The summed E-state index contributed by atoms with van der Waals surface area (Å²) in [5, 5.41) is 2.69. The van der Waals surface area contributed by atoms with Crippen molar-refractivity contribution in [2.24, 2.45) is 23.7 Å². The minimum absolute atomic E-state index is 0.0411. The van der Waals surface area contributed by atoms with E-state index in [1.54, 1.807) is 12.1 Å². The number of hydrazine groups is 1. The number of carbonyl (C=O) groups excluding carboxylic acids is 4. The molecule has 2 aromatic rings. The molecule has 1 aliphatic heterocycles. The molecular formula is C25H19Cl3N2O4. The zero-order valence-corrected chi connectivity index (χ0v) is 20.2. The van der Waals surface area contributed by atoms with E-state index in [0.717, 1.165) is 16.4 Å². The van der Waals surface area contributed by atoms with Crippen LogP contribution in [0.25, 0.3) is 0 Å². The van der Waals surface area contributed by atoms with Crippen LogP contribution in [0.15, 0.2) is 54.6 Å². The molecule has 2 fully saturated rings. The third-order valence-electron chi connectivity index (χ3n) is 6.91. The largest absolute Gasteiger partial charge is 0.292 e. The zero-order valence-electron chi connectivity index (χ0n) is 18.0. The van der Waals surface area contributed by atoms with Crippen LogP contribution in [0.2, 0.25) is 15.1 Å². The highest BCUT2D eigenvalue weighted by Gasteiger charge is 2.61. The van der Waals surface area contributed by atoms with Gasteiger partial charge in [0.1, 0.15) is 6.04 Å². The fourth-order valence-electron chi connectivity index (χ4n) is 5.27. The smallest absolute Gasteiger partial charge is 0.273 e. The molecular weight excluding hydrogens is 499 g/mol. The minimum Gasteiger partial charge on any atom is -0.292 e. The Bertz CT molecular complexity index is 1230. The lowest BCUT2D eigenvalue weighted by molar-refractivity contribution is -0.157. The topological polar surface area (TPSA) is 74.8 Å². The predicted molar refractivity (Wildman–Crippen MR) is 127 cm³/mol. The predicted octanol–water partition coefficient (Wildman–Crippen LogP) is 5.08. The molecule has 6 nitrogen and oxygen atoms in total. The maximum Gasteiger partial charge on any atom is 0.273 e. The van der Waals surface area contributed by atoms with E-state index in [1.807, 2.05) is 12.2 Å². The molecule has 5 atom stereocenters. The number of hydrogen-bond donors (Lipinski definition) is 0. The average Bonchev–Trinajstić information content (AvgIpc) is 3.51. The van der Waals surface area contributed by atoms with Crippen molar-refractivity contribution < 1.29 is 19.2 Å². The molecule has 9 heteroatoms. The Hall–Kier alpha value is -2.67. The van der Waals surface area contributed by atoms with E-state index in [9.17, 15) is 19.2 Å². The van der Waals surface area contributed by atoms with Crippen molar-refractivity contribution in [2.75, 3.05) is 0 Å². The summed E-state index contributed by atoms with van der Waals surface area (Å²) in [5.74, 6) is -3.19. The molecule has 0 unspecified atom stereocenters. The van der Waals surface area contributed by atoms with Crippen LogP contribution in [0.5, 0.6) is 0 Å². The Morgan fingerprint density at radius 2 is 1.44 bits per heavy atom. The molecule has 0 aromatic heterocycles.